The molecule has 3 rings (SSSR count). The zero-order valence-electron chi connectivity index (χ0n) is 13.7. The van der Waals surface area contributed by atoms with Crippen LogP contribution in [0.1, 0.15) is 16.1 Å². The van der Waals surface area contributed by atoms with Gasteiger partial charge >= 0.3 is 10.9 Å². The van der Waals surface area contributed by atoms with Crippen molar-refractivity contribution in [1.82, 2.24) is 9.47 Å². The molecule has 7 nitrogen and oxygen atoms in total. The zero-order chi connectivity index (χ0) is 17.4. The van der Waals surface area contributed by atoms with E-state index in [1.807, 2.05) is 19.9 Å². The van der Waals surface area contributed by atoms with Crippen molar-refractivity contribution in [3.05, 3.63) is 44.0 Å². The number of hydrogen-bond acceptors (Lipinski definition) is 4. The van der Waals surface area contributed by atoms with Crippen LogP contribution in [0.2, 0.25) is 0 Å². The third-order valence-electron chi connectivity index (χ3n) is 4.06. The Morgan fingerprint density at radius 1 is 1.33 bits per heavy atom. The second kappa shape index (κ2) is 6.12. The number of anilines is 2. The van der Waals surface area contributed by atoms with E-state index in [9.17, 15) is 14.4 Å². The molecule has 8 heteroatoms. The number of nitrogens with one attached hydrogen (secondary N) is 2. The number of amides is 3. The second-order valence-corrected chi connectivity index (χ2v) is 6.97. The van der Waals surface area contributed by atoms with Crippen LogP contribution >= 0.6 is 11.3 Å². The highest BCUT2D eigenvalue weighted by molar-refractivity contribution is 7.09. The summed E-state index contributed by atoms with van der Waals surface area (Å²) in [5.74, 6) is -0.258. The van der Waals surface area contributed by atoms with E-state index in [0.29, 0.717) is 12.2 Å². The molecule has 1 aromatic carbocycles. The Balaban J connectivity index is 1.74. The molecule has 126 valence electrons. The number of thiazole rings is 1. The lowest BCUT2D eigenvalue weighted by Crippen LogP contribution is -2.35. The Kier molecular flexibility index (Phi) is 4.15. The summed E-state index contributed by atoms with van der Waals surface area (Å²) < 4.78 is 1.47. The van der Waals surface area contributed by atoms with E-state index in [2.05, 4.69) is 10.6 Å². The second-order valence-electron chi connectivity index (χ2n) is 5.80. The summed E-state index contributed by atoms with van der Waals surface area (Å²) in [7, 11) is 1.71. The Morgan fingerprint density at radius 3 is 2.75 bits per heavy atom. The summed E-state index contributed by atoms with van der Waals surface area (Å²) >= 11 is 1.14. The van der Waals surface area contributed by atoms with Crippen molar-refractivity contribution in [2.75, 3.05) is 17.7 Å². The van der Waals surface area contributed by atoms with Gasteiger partial charge < -0.3 is 15.5 Å². The lowest BCUT2D eigenvalue weighted by Gasteiger charge is -2.26. The third kappa shape index (κ3) is 3.05. The SMILES string of the molecule is Cc1sc(=O)n(CC(=O)Nc2ccc3c(c2)CN(C)C(=O)N3)c1C. The predicted molar refractivity (Wildman–Crippen MR) is 93.6 cm³/mol. The summed E-state index contributed by atoms with van der Waals surface area (Å²) in [5, 5.41) is 5.58. The Hall–Kier alpha value is -2.61. The van der Waals surface area contributed by atoms with Gasteiger partial charge in [0.05, 0.1) is 0 Å². The minimum Gasteiger partial charge on any atom is -0.325 e. The molecule has 0 atom stereocenters. The standard InChI is InChI=1S/C16H18N4O3S/c1-9-10(2)24-16(23)20(9)8-14(21)17-12-4-5-13-11(6-12)7-19(3)15(22)18-13/h4-6H,7-8H2,1-3H3,(H,17,21)(H,18,22). The van der Waals surface area contributed by atoms with Gasteiger partial charge in [-0.1, -0.05) is 11.3 Å². The van der Waals surface area contributed by atoms with Gasteiger partial charge in [-0.3, -0.25) is 14.2 Å². The van der Waals surface area contributed by atoms with E-state index in [0.717, 1.165) is 33.2 Å². The van der Waals surface area contributed by atoms with E-state index in [1.165, 1.54) is 4.57 Å². The lowest BCUT2D eigenvalue weighted by molar-refractivity contribution is -0.116. The van der Waals surface area contributed by atoms with Gasteiger partial charge in [-0.25, -0.2) is 4.79 Å². The van der Waals surface area contributed by atoms with Gasteiger partial charge in [0.1, 0.15) is 6.54 Å². The highest BCUT2D eigenvalue weighted by Crippen LogP contribution is 2.25. The molecule has 0 radical (unpaired) electrons. The van der Waals surface area contributed by atoms with Crippen LogP contribution in [0.4, 0.5) is 16.2 Å². The molecule has 24 heavy (non-hydrogen) atoms. The highest BCUT2D eigenvalue weighted by Gasteiger charge is 2.19. The minimum atomic E-state index is -0.258. The first-order valence-corrected chi connectivity index (χ1v) is 8.28. The molecular formula is C16H18N4O3S. The Bertz CT molecular complexity index is 884. The van der Waals surface area contributed by atoms with E-state index in [1.54, 1.807) is 24.1 Å². The first kappa shape index (κ1) is 16.3. The normalized spacial score (nSPS) is 13.5. The molecule has 1 aromatic heterocycles. The summed E-state index contributed by atoms with van der Waals surface area (Å²) in [6.07, 6.45) is 0. The van der Waals surface area contributed by atoms with Crippen molar-refractivity contribution < 1.29 is 9.59 Å². The Morgan fingerprint density at radius 2 is 2.08 bits per heavy atom. The van der Waals surface area contributed by atoms with Gasteiger partial charge in [-0.05, 0) is 37.6 Å². The average molecular weight is 346 g/mol. The topological polar surface area (TPSA) is 83.4 Å². The molecule has 0 unspecified atom stereocenters. The smallest absolute Gasteiger partial charge is 0.321 e. The van der Waals surface area contributed by atoms with Crippen molar-refractivity contribution in [1.29, 1.82) is 0 Å². The van der Waals surface area contributed by atoms with Gasteiger partial charge in [-0.2, -0.15) is 0 Å². The van der Waals surface area contributed by atoms with Crippen LogP contribution in [-0.4, -0.2) is 28.5 Å². The fourth-order valence-corrected chi connectivity index (χ4v) is 3.41. The molecule has 0 aliphatic carbocycles. The first-order valence-electron chi connectivity index (χ1n) is 7.47. The number of aryl methyl sites for hydroxylation is 1. The van der Waals surface area contributed by atoms with Crippen LogP contribution in [0.3, 0.4) is 0 Å². The molecule has 0 saturated heterocycles. The van der Waals surface area contributed by atoms with Crippen LogP contribution in [0.25, 0.3) is 0 Å². The van der Waals surface area contributed by atoms with Crippen LogP contribution in [0, 0.1) is 13.8 Å². The van der Waals surface area contributed by atoms with Gasteiger partial charge in [0.2, 0.25) is 5.91 Å². The monoisotopic (exact) mass is 346 g/mol. The number of carbonyl (C=O) groups is 2. The number of urea groups is 1. The first-order chi connectivity index (χ1) is 11.3. The van der Waals surface area contributed by atoms with Gasteiger partial charge in [0, 0.05) is 35.5 Å². The quantitative estimate of drug-likeness (QED) is 0.893. The average Bonchev–Trinajstić information content (AvgIpc) is 2.75. The molecule has 1 aliphatic rings. The maximum Gasteiger partial charge on any atom is 0.321 e. The molecule has 1 aliphatic heterocycles. The number of rotatable bonds is 3. The van der Waals surface area contributed by atoms with Crippen molar-refractivity contribution in [3.8, 4) is 0 Å². The fraction of sp³-hybridized carbons (Fsp3) is 0.312. The summed E-state index contributed by atoms with van der Waals surface area (Å²) in [5.41, 5.74) is 3.13. The van der Waals surface area contributed by atoms with E-state index in [-0.39, 0.29) is 23.4 Å². The highest BCUT2D eigenvalue weighted by atomic mass is 32.1. The third-order valence-corrected chi connectivity index (χ3v) is 5.06. The van der Waals surface area contributed by atoms with Crippen LogP contribution < -0.4 is 15.5 Å². The summed E-state index contributed by atoms with van der Waals surface area (Å²) in [6, 6.07) is 5.18. The van der Waals surface area contributed by atoms with Gasteiger partial charge in [0.15, 0.2) is 0 Å². The minimum absolute atomic E-state index is 0.0112. The van der Waals surface area contributed by atoms with E-state index in [4.69, 9.17) is 0 Å². The van der Waals surface area contributed by atoms with Crippen molar-refractivity contribution >= 4 is 34.6 Å². The number of hydrogen-bond donors (Lipinski definition) is 2. The number of carbonyl (C=O) groups excluding carboxylic acids is 2. The van der Waals surface area contributed by atoms with Crippen molar-refractivity contribution in [3.63, 3.8) is 0 Å². The van der Waals surface area contributed by atoms with Gasteiger partial charge in [-0.15, -0.1) is 0 Å². The largest absolute Gasteiger partial charge is 0.325 e. The zero-order valence-corrected chi connectivity index (χ0v) is 14.5. The molecule has 3 amide bonds. The maximum atomic E-state index is 12.2. The number of fused-ring (bicyclic) bond motifs is 1. The molecule has 0 saturated carbocycles. The van der Waals surface area contributed by atoms with E-state index < -0.39 is 0 Å². The van der Waals surface area contributed by atoms with Crippen LogP contribution in [0.5, 0.6) is 0 Å². The molecule has 0 bridgehead atoms. The summed E-state index contributed by atoms with van der Waals surface area (Å²) in [6.45, 7) is 4.16. The van der Waals surface area contributed by atoms with Crippen molar-refractivity contribution in [2.45, 2.75) is 26.9 Å². The van der Waals surface area contributed by atoms with Crippen LogP contribution in [0.15, 0.2) is 23.0 Å². The Labute approximate surface area is 142 Å². The molecule has 2 aromatic rings. The molecule has 0 fully saturated rings. The van der Waals surface area contributed by atoms with Gasteiger partial charge in [0.25, 0.3) is 0 Å². The van der Waals surface area contributed by atoms with Crippen LogP contribution in [-0.2, 0) is 17.9 Å². The lowest BCUT2D eigenvalue weighted by atomic mass is 10.1. The predicted octanol–water partition coefficient (Wildman–Crippen LogP) is 2.14. The number of aromatic nitrogens is 1. The number of benzene rings is 1. The fourth-order valence-electron chi connectivity index (χ4n) is 2.58. The molecular weight excluding hydrogens is 328 g/mol. The summed E-state index contributed by atoms with van der Waals surface area (Å²) in [4.78, 5) is 38.0. The maximum absolute atomic E-state index is 12.2. The molecule has 2 heterocycles. The molecule has 2 N–H and O–H groups in total. The van der Waals surface area contributed by atoms with E-state index >= 15 is 0 Å². The number of nitrogens with zero attached hydrogens (tertiary/aromatic N) is 2. The molecule has 0 spiro atoms. The van der Waals surface area contributed by atoms with Crippen molar-refractivity contribution in [2.24, 2.45) is 0 Å².